The van der Waals surface area contributed by atoms with E-state index >= 15 is 0 Å². The van der Waals surface area contributed by atoms with E-state index in [0.717, 1.165) is 6.42 Å². The third kappa shape index (κ3) is 3.67. The number of nitrogens with zero attached hydrogens (tertiary/aromatic N) is 2. The van der Waals surface area contributed by atoms with Crippen molar-refractivity contribution >= 4 is 12.0 Å². The highest BCUT2D eigenvalue weighted by atomic mass is 16.6. The smallest absolute Gasteiger partial charge is 0.407 e. The Morgan fingerprint density at radius 2 is 2.04 bits per heavy atom. The second-order valence-corrected chi connectivity index (χ2v) is 7.81. The van der Waals surface area contributed by atoms with Gasteiger partial charge in [-0.15, -0.1) is 0 Å². The van der Waals surface area contributed by atoms with Gasteiger partial charge in [0.15, 0.2) is 0 Å². The molecular formula is C17H24N4O4. The van der Waals surface area contributed by atoms with Crippen LogP contribution in [-0.4, -0.2) is 52.1 Å². The van der Waals surface area contributed by atoms with Gasteiger partial charge in [-0.25, -0.2) is 9.59 Å². The summed E-state index contributed by atoms with van der Waals surface area (Å²) in [7, 11) is 0. The third-order valence-electron chi connectivity index (χ3n) is 4.82. The highest BCUT2D eigenvalue weighted by molar-refractivity contribution is 5.92. The molecule has 1 aromatic rings. The van der Waals surface area contributed by atoms with Crippen LogP contribution in [0.15, 0.2) is 10.9 Å². The Bertz CT molecular complexity index is 752. The molecule has 2 aliphatic heterocycles. The van der Waals surface area contributed by atoms with E-state index in [0.29, 0.717) is 38.2 Å². The van der Waals surface area contributed by atoms with E-state index < -0.39 is 17.4 Å². The summed E-state index contributed by atoms with van der Waals surface area (Å²) in [6, 6.07) is 1.65. The van der Waals surface area contributed by atoms with Crippen LogP contribution in [0.3, 0.4) is 0 Å². The molecule has 0 bridgehead atoms. The lowest BCUT2D eigenvalue weighted by Crippen LogP contribution is -2.37. The van der Waals surface area contributed by atoms with Crippen molar-refractivity contribution in [2.45, 2.75) is 51.0 Å². The minimum absolute atomic E-state index is 0.158. The van der Waals surface area contributed by atoms with Gasteiger partial charge in [0, 0.05) is 30.6 Å². The number of aromatic amines is 1. The predicted octanol–water partition coefficient (Wildman–Crippen LogP) is 1.17. The number of rotatable bonds is 1. The number of alkyl carbamates (subject to hydrolysis) is 1. The highest BCUT2D eigenvalue weighted by Gasteiger charge is 2.42. The lowest BCUT2D eigenvalue weighted by Gasteiger charge is -2.25. The van der Waals surface area contributed by atoms with Gasteiger partial charge in [-0.2, -0.15) is 4.98 Å². The fourth-order valence-electron chi connectivity index (χ4n) is 3.28. The first-order valence-electron chi connectivity index (χ1n) is 8.57. The maximum atomic E-state index is 12.8. The molecule has 3 rings (SSSR count). The van der Waals surface area contributed by atoms with Crippen LogP contribution in [0.25, 0.3) is 0 Å². The molecule has 3 heterocycles. The van der Waals surface area contributed by atoms with Crippen molar-refractivity contribution in [1.29, 1.82) is 0 Å². The summed E-state index contributed by atoms with van der Waals surface area (Å²) in [6.07, 6.45) is 1.62. The number of hydrogen-bond acceptors (Lipinski definition) is 5. The Hall–Kier alpha value is -2.38. The SMILES string of the molecule is CC(C)(C)c1cc(C(=O)N2CCC[C@]3(CC2)CNC(=O)O3)nc(=O)[nH]1. The average molecular weight is 348 g/mol. The Morgan fingerprint density at radius 1 is 1.28 bits per heavy atom. The van der Waals surface area contributed by atoms with Crippen LogP contribution in [0.4, 0.5) is 4.79 Å². The molecule has 2 aliphatic rings. The highest BCUT2D eigenvalue weighted by Crippen LogP contribution is 2.29. The summed E-state index contributed by atoms with van der Waals surface area (Å²) in [4.78, 5) is 44.3. The number of amides is 2. The number of carbonyl (C=O) groups is 2. The number of hydrogen-bond donors (Lipinski definition) is 2. The maximum Gasteiger partial charge on any atom is 0.407 e. The van der Waals surface area contributed by atoms with Gasteiger partial charge in [0.05, 0.1) is 6.54 Å². The lowest BCUT2D eigenvalue weighted by atomic mass is 9.91. The van der Waals surface area contributed by atoms with Gasteiger partial charge >= 0.3 is 11.8 Å². The molecule has 2 saturated heterocycles. The summed E-state index contributed by atoms with van der Waals surface area (Å²) in [5.74, 6) is -0.258. The van der Waals surface area contributed by atoms with Crippen molar-refractivity contribution in [3.05, 3.63) is 27.9 Å². The minimum atomic E-state index is -0.524. The number of aromatic nitrogens is 2. The fraction of sp³-hybridized carbons (Fsp3) is 0.647. The molecule has 136 valence electrons. The summed E-state index contributed by atoms with van der Waals surface area (Å²) >= 11 is 0. The molecule has 0 unspecified atom stereocenters. The van der Waals surface area contributed by atoms with Crippen LogP contribution in [0.1, 0.15) is 56.2 Å². The zero-order valence-electron chi connectivity index (χ0n) is 14.8. The molecule has 2 amide bonds. The van der Waals surface area contributed by atoms with Crippen LogP contribution in [-0.2, 0) is 10.2 Å². The Balaban J connectivity index is 1.79. The average Bonchev–Trinajstić information content (AvgIpc) is 2.76. The van der Waals surface area contributed by atoms with Gasteiger partial charge in [0.2, 0.25) is 0 Å². The van der Waals surface area contributed by atoms with E-state index in [2.05, 4.69) is 15.3 Å². The number of nitrogens with one attached hydrogen (secondary N) is 2. The molecule has 1 atom stereocenters. The van der Waals surface area contributed by atoms with Gasteiger partial charge < -0.3 is 19.9 Å². The second kappa shape index (κ2) is 6.16. The first-order chi connectivity index (χ1) is 11.7. The van der Waals surface area contributed by atoms with Gasteiger partial charge in [0.1, 0.15) is 11.3 Å². The monoisotopic (exact) mass is 348 g/mol. The molecule has 8 heteroatoms. The zero-order valence-corrected chi connectivity index (χ0v) is 14.8. The molecule has 25 heavy (non-hydrogen) atoms. The zero-order chi connectivity index (χ0) is 18.2. The van der Waals surface area contributed by atoms with Crippen LogP contribution < -0.4 is 11.0 Å². The Kier molecular flexibility index (Phi) is 4.30. The van der Waals surface area contributed by atoms with Crippen molar-refractivity contribution in [2.75, 3.05) is 19.6 Å². The molecule has 0 aliphatic carbocycles. The van der Waals surface area contributed by atoms with E-state index in [1.165, 1.54) is 0 Å². The normalized spacial score (nSPS) is 24.0. The van der Waals surface area contributed by atoms with Crippen LogP contribution in [0.2, 0.25) is 0 Å². The number of H-pyrrole nitrogens is 1. The third-order valence-corrected chi connectivity index (χ3v) is 4.82. The van der Waals surface area contributed by atoms with Crippen molar-refractivity contribution in [3.63, 3.8) is 0 Å². The molecule has 2 N–H and O–H groups in total. The first kappa shape index (κ1) is 17.4. The summed E-state index contributed by atoms with van der Waals surface area (Å²) < 4.78 is 5.43. The fourth-order valence-corrected chi connectivity index (χ4v) is 3.28. The van der Waals surface area contributed by atoms with Crippen LogP contribution >= 0.6 is 0 Å². The van der Waals surface area contributed by atoms with Gasteiger partial charge in [-0.3, -0.25) is 4.79 Å². The molecule has 1 spiro atoms. The lowest BCUT2D eigenvalue weighted by molar-refractivity contribution is 0.0438. The standard InChI is InChI=1S/C17H24N4O4/c1-16(2,3)12-9-11(19-14(23)20-12)13(22)21-7-4-5-17(6-8-21)10-18-15(24)25-17/h9H,4-8,10H2,1-3H3,(H,18,24)(H,19,20,23)/t17-/m0/s1. The molecule has 0 radical (unpaired) electrons. The molecule has 2 fully saturated rings. The van der Waals surface area contributed by atoms with Crippen molar-refractivity contribution in [3.8, 4) is 0 Å². The molecule has 1 aromatic heterocycles. The molecule has 0 aromatic carbocycles. The number of carbonyl (C=O) groups excluding carboxylic acids is 2. The second-order valence-electron chi connectivity index (χ2n) is 7.81. The van der Waals surface area contributed by atoms with Gasteiger partial charge in [0.25, 0.3) is 5.91 Å². The van der Waals surface area contributed by atoms with Crippen LogP contribution in [0, 0.1) is 0 Å². The maximum absolute atomic E-state index is 12.8. The van der Waals surface area contributed by atoms with E-state index in [9.17, 15) is 14.4 Å². The largest absolute Gasteiger partial charge is 0.441 e. The summed E-state index contributed by atoms with van der Waals surface area (Å²) in [5.41, 5.74) is -0.494. The molecular weight excluding hydrogens is 324 g/mol. The van der Waals surface area contributed by atoms with Crippen molar-refractivity contribution in [2.24, 2.45) is 0 Å². The summed E-state index contributed by atoms with van der Waals surface area (Å²) in [5, 5.41) is 2.69. The predicted molar refractivity (Wildman–Crippen MR) is 90.5 cm³/mol. The van der Waals surface area contributed by atoms with E-state index in [1.807, 2.05) is 20.8 Å². The van der Waals surface area contributed by atoms with Crippen molar-refractivity contribution in [1.82, 2.24) is 20.2 Å². The number of likely N-dealkylation sites (tertiary alicyclic amines) is 1. The topological polar surface area (TPSA) is 104 Å². The van der Waals surface area contributed by atoms with Crippen LogP contribution in [0.5, 0.6) is 0 Å². The van der Waals surface area contributed by atoms with Crippen molar-refractivity contribution < 1.29 is 14.3 Å². The van der Waals surface area contributed by atoms with Gasteiger partial charge in [-0.05, 0) is 18.9 Å². The quantitative estimate of drug-likeness (QED) is 0.793. The number of ether oxygens (including phenoxy) is 1. The van der Waals surface area contributed by atoms with Gasteiger partial charge in [-0.1, -0.05) is 20.8 Å². The van der Waals surface area contributed by atoms with E-state index in [4.69, 9.17) is 4.74 Å². The molecule has 0 saturated carbocycles. The Labute approximate surface area is 146 Å². The molecule has 8 nitrogen and oxygen atoms in total. The Morgan fingerprint density at radius 3 is 2.68 bits per heavy atom. The minimum Gasteiger partial charge on any atom is -0.441 e. The first-order valence-corrected chi connectivity index (χ1v) is 8.57. The summed E-state index contributed by atoms with van der Waals surface area (Å²) in [6.45, 7) is 7.38. The van der Waals surface area contributed by atoms with E-state index in [1.54, 1.807) is 11.0 Å². The van der Waals surface area contributed by atoms with E-state index in [-0.39, 0.29) is 17.0 Å².